The smallest absolute Gasteiger partial charge is 0.252 e. The van der Waals surface area contributed by atoms with Crippen molar-refractivity contribution in [3.63, 3.8) is 0 Å². The lowest BCUT2D eigenvalue weighted by Crippen LogP contribution is -2.38. The van der Waals surface area contributed by atoms with Gasteiger partial charge in [0.2, 0.25) is 6.79 Å². The molecule has 1 aliphatic carbocycles. The summed E-state index contributed by atoms with van der Waals surface area (Å²) in [6, 6.07) is 13.3. The normalized spacial score (nSPS) is 19.3. The van der Waals surface area contributed by atoms with E-state index in [-0.39, 0.29) is 24.3 Å². The molecule has 0 radical (unpaired) electrons. The minimum Gasteiger partial charge on any atom is -0.454 e. The van der Waals surface area contributed by atoms with E-state index in [0.29, 0.717) is 22.5 Å². The number of benzene rings is 1. The van der Waals surface area contributed by atoms with Gasteiger partial charge in [0.25, 0.3) is 5.56 Å². The maximum Gasteiger partial charge on any atom is 0.252 e. The molecule has 1 fully saturated rings. The Bertz CT molecular complexity index is 1490. The van der Waals surface area contributed by atoms with Crippen molar-refractivity contribution in [3.05, 3.63) is 58.0 Å². The Morgan fingerprint density at radius 2 is 1.95 bits per heavy atom. The summed E-state index contributed by atoms with van der Waals surface area (Å²) in [6.45, 7) is 6.14. The number of fused-ring (bicyclic) bond motifs is 2. The molecule has 9 nitrogen and oxygen atoms in total. The molecule has 3 heterocycles. The average molecular weight is 516 g/mol. The monoisotopic (exact) mass is 515 g/mol. The van der Waals surface area contributed by atoms with Crippen LogP contribution in [0.3, 0.4) is 0 Å². The van der Waals surface area contributed by atoms with Crippen molar-refractivity contribution in [1.82, 2.24) is 9.55 Å². The van der Waals surface area contributed by atoms with Crippen LogP contribution in [-0.2, 0) is 11.9 Å². The van der Waals surface area contributed by atoms with Gasteiger partial charge in [0.1, 0.15) is 22.9 Å². The Morgan fingerprint density at radius 3 is 2.66 bits per heavy atom. The van der Waals surface area contributed by atoms with Gasteiger partial charge in [0, 0.05) is 37.7 Å². The fourth-order valence-corrected chi connectivity index (χ4v) is 5.24. The molecule has 0 N–H and O–H groups in total. The maximum atomic E-state index is 12.7. The fraction of sp³-hybridized carbons (Fsp3) is 0.448. The zero-order valence-electron chi connectivity index (χ0n) is 22.5. The third kappa shape index (κ3) is 4.91. The van der Waals surface area contributed by atoms with Crippen LogP contribution < -0.4 is 19.9 Å². The lowest BCUT2D eigenvalue weighted by molar-refractivity contribution is -0.0000619. The number of anilines is 1. The molecule has 2 aliphatic rings. The number of hydrogen-bond acceptors (Lipinski definition) is 8. The van der Waals surface area contributed by atoms with E-state index in [4.69, 9.17) is 14.3 Å². The molecule has 0 unspecified atom stereocenters. The largest absolute Gasteiger partial charge is 0.454 e. The first-order chi connectivity index (χ1) is 18.2. The topological polar surface area (TPSA) is 102 Å². The second kappa shape index (κ2) is 10.0. The number of rotatable bonds is 5. The number of aryl methyl sites for hydroxylation is 1. The first-order valence-electron chi connectivity index (χ1n) is 12.9. The van der Waals surface area contributed by atoms with Gasteiger partial charge in [-0.05, 0) is 70.7 Å². The highest BCUT2D eigenvalue weighted by Gasteiger charge is 2.32. The van der Waals surface area contributed by atoms with E-state index in [1.54, 1.807) is 29.8 Å². The fourth-order valence-electron chi connectivity index (χ4n) is 5.24. The lowest BCUT2D eigenvalue weighted by Gasteiger charge is -2.36. The highest BCUT2D eigenvalue weighted by molar-refractivity contribution is 6.05. The second-order valence-electron chi connectivity index (χ2n) is 10.9. The number of nitrogens with zero attached hydrogens (tertiary/aromatic N) is 5. The van der Waals surface area contributed by atoms with Crippen LogP contribution in [0, 0.1) is 17.2 Å². The summed E-state index contributed by atoms with van der Waals surface area (Å²) >= 11 is 0. The lowest BCUT2D eigenvalue weighted by atomic mass is 9.80. The molecule has 5 rings (SSSR count). The number of oxime groups is 1. The predicted molar refractivity (Wildman–Crippen MR) is 146 cm³/mol. The highest BCUT2D eigenvalue weighted by Crippen LogP contribution is 2.40. The van der Waals surface area contributed by atoms with Crippen molar-refractivity contribution in [2.75, 3.05) is 18.7 Å². The summed E-state index contributed by atoms with van der Waals surface area (Å²) in [7, 11) is 3.73. The van der Waals surface area contributed by atoms with Crippen LogP contribution in [0.5, 0.6) is 11.5 Å². The Morgan fingerprint density at radius 1 is 1.18 bits per heavy atom. The molecule has 1 aromatic carbocycles. The summed E-state index contributed by atoms with van der Waals surface area (Å²) in [4.78, 5) is 25.3. The van der Waals surface area contributed by atoms with Crippen LogP contribution in [0.25, 0.3) is 11.0 Å². The van der Waals surface area contributed by atoms with Gasteiger partial charge in [-0.1, -0.05) is 11.2 Å². The molecule has 3 aromatic rings. The number of para-hydroxylation sites is 1. The van der Waals surface area contributed by atoms with E-state index < -0.39 is 5.60 Å². The van der Waals surface area contributed by atoms with E-state index in [2.05, 4.69) is 21.1 Å². The summed E-state index contributed by atoms with van der Waals surface area (Å²) in [5.41, 5.74) is 3.71. The molecule has 38 heavy (non-hydrogen) atoms. The molecule has 0 saturated heterocycles. The molecule has 0 spiro atoms. The van der Waals surface area contributed by atoms with Crippen LogP contribution >= 0.6 is 0 Å². The molecular weight excluding hydrogens is 482 g/mol. The van der Waals surface area contributed by atoms with Gasteiger partial charge in [-0.3, -0.25) is 4.79 Å². The second-order valence-corrected chi connectivity index (χ2v) is 10.9. The van der Waals surface area contributed by atoms with E-state index in [0.717, 1.165) is 48.4 Å². The average Bonchev–Trinajstić information content (AvgIpc) is 3.39. The zero-order valence-corrected chi connectivity index (χ0v) is 22.5. The summed E-state index contributed by atoms with van der Waals surface area (Å²) in [5.74, 6) is 1.62. The van der Waals surface area contributed by atoms with E-state index in [1.807, 2.05) is 46.0 Å². The van der Waals surface area contributed by atoms with Gasteiger partial charge in [0.15, 0.2) is 11.5 Å². The quantitative estimate of drug-likeness (QED) is 0.357. The molecular formula is C29H33N5O4. The number of aromatic nitrogens is 2. The third-order valence-corrected chi connectivity index (χ3v) is 7.28. The van der Waals surface area contributed by atoms with E-state index in [1.165, 1.54) is 0 Å². The van der Waals surface area contributed by atoms with Crippen LogP contribution in [0.4, 0.5) is 5.69 Å². The van der Waals surface area contributed by atoms with Crippen molar-refractivity contribution in [2.45, 2.75) is 58.1 Å². The zero-order chi connectivity index (χ0) is 27.0. The Balaban J connectivity index is 1.42. The third-order valence-electron chi connectivity index (χ3n) is 7.28. The van der Waals surface area contributed by atoms with E-state index >= 15 is 0 Å². The molecule has 1 saturated carbocycles. The molecule has 0 bridgehead atoms. The Labute approximate surface area is 222 Å². The van der Waals surface area contributed by atoms with Crippen molar-refractivity contribution < 1.29 is 14.3 Å². The van der Waals surface area contributed by atoms with Crippen LogP contribution in [-0.4, -0.2) is 40.7 Å². The number of hydrogen-bond donors (Lipinski definition) is 0. The van der Waals surface area contributed by atoms with Crippen molar-refractivity contribution >= 4 is 22.4 Å². The van der Waals surface area contributed by atoms with Gasteiger partial charge in [-0.25, -0.2) is 4.98 Å². The van der Waals surface area contributed by atoms with Gasteiger partial charge >= 0.3 is 0 Å². The molecule has 198 valence electrons. The van der Waals surface area contributed by atoms with Gasteiger partial charge in [-0.15, -0.1) is 0 Å². The summed E-state index contributed by atoms with van der Waals surface area (Å²) < 4.78 is 13.0. The van der Waals surface area contributed by atoms with Gasteiger partial charge in [-0.2, -0.15) is 5.26 Å². The van der Waals surface area contributed by atoms with Crippen LogP contribution in [0.1, 0.15) is 57.7 Å². The Kier molecular flexibility index (Phi) is 6.74. The highest BCUT2D eigenvalue weighted by atomic mass is 16.7. The molecule has 0 atom stereocenters. The summed E-state index contributed by atoms with van der Waals surface area (Å²) in [6.07, 6.45) is 3.59. The van der Waals surface area contributed by atoms with Crippen molar-refractivity contribution in [1.29, 1.82) is 5.26 Å². The minimum absolute atomic E-state index is 0.103. The standard InChI is InChI=1S/C29H33N5O4/c1-29(2,3)38-32-26(21-7-6-8-24-28(21)37-17-36-24)18-9-12-20(13-10-18)33(4)23-15-25(35)34(5)22-14-11-19(16-30)31-27(22)23/h6-8,11,14-15,18,20H,9-10,12-13,17H2,1-5H3/b32-26-/t18-,20+. The molecule has 1 aliphatic heterocycles. The number of ether oxygens (including phenoxy) is 2. The van der Waals surface area contributed by atoms with Crippen LogP contribution in [0.15, 0.2) is 46.3 Å². The Hall–Kier alpha value is -4.06. The first kappa shape index (κ1) is 25.6. The van der Waals surface area contributed by atoms with Gasteiger partial charge in [0.05, 0.1) is 16.9 Å². The summed E-state index contributed by atoms with van der Waals surface area (Å²) in [5, 5.41) is 14.1. The molecule has 2 aromatic heterocycles. The van der Waals surface area contributed by atoms with Crippen molar-refractivity contribution in [2.24, 2.45) is 18.1 Å². The van der Waals surface area contributed by atoms with Crippen LogP contribution in [0.2, 0.25) is 0 Å². The molecule has 0 amide bonds. The van der Waals surface area contributed by atoms with Gasteiger partial charge < -0.3 is 23.8 Å². The molecule has 9 heteroatoms. The minimum atomic E-state index is -0.423. The van der Waals surface area contributed by atoms with Crippen molar-refractivity contribution in [3.8, 4) is 17.6 Å². The SMILES string of the molecule is Cn1c(=O)cc(N(C)[C@H]2CC[C@@H](/C(=N/OC(C)(C)C)c3cccc4c3OCO4)CC2)c2nc(C#N)ccc21. The number of nitriles is 1. The predicted octanol–water partition coefficient (Wildman–Crippen LogP) is 4.75. The van der Waals surface area contributed by atoms with E-state index in [9.17, 15) is 10.1 Å². The number of pyridine rings is 2. The first-order valence-corrected chi connectivity index (χ1v) is 12.9. The maximum absolute atomic E-state index is 12.7.